The van der Waals surface area contributed by atoms with Crippen LogP contribution in [0.25, 0.3) is 0 Å². The number of Topliss-reactive ketones (excluding diaryl/α,β-unsaturated/α-hetero) is 1. The van der Waals surface area contributed by atoms with Crippen molar-refractivity contribution in [1.29, 1.82) is 0 Å². The Bertz CT molecular complexity index is 375. The van der Waals surface area contributed by atoms with Crippen molar-refractivity contribution in [1.82, 2.24) is 0 Å². The molecule has 0 aliphatic carbocycles. The molecule has 1 rings (SSSR count). The fourth-order valence-corrected chi connectivity index (χ4v) is 1.67. The van der Waals surface area contributed by atoms with E-state index in [1.54, 1.807) is 12.1 Å². The molecule has 0 aromatic heterocycles. The van der Waals surface area contributed by atoms with Crippen LogP contribution in [0.5, 0.6) is 0 Å². The van der Waals surface area contributed by atoms with Crippen molar-refractivity contribution in [2.24, 2.45) is 5.92 Å². The first kappa shape index (κ1) is 12.4. The van der Waals surface area contributed by atoms with Crippen LogP contribution in [0.2, 0.25) is 0 Å². The van der Waals surface area contributed by atoms with E-state index >= 15 is 0 Å². The molecule has 3 heteroatoms. The summed E-state index contributed by atoms with van der Waals surface area (Å²) in [5, 5.41) is 8.73. The number of carboxylic acid groups (broad SMARTS) is 1. The highest BCUT2D eigenvalue weighted by Gasteiger charge is 2.16. The summed E-state index contributed by atoms with van der Waals surface area (Å²) in [4.78, 5) is 22.6. The first-order chi connectivity index (χ1) is 7.60. The van der Waals surface area contributed by atoms with E-state index in [1.807, 2.05) is 13.8 Å². The number of rotatable bonds is 5. The zero-order valence-electron chi connectivity index (χ0n) is 9.56. The van der Waals surface area contributed by atoms with E-state index in [4.69, 9.17) is 5.11 Å². The van der Waals surface area contributed by atoms with Crippen LogP contribution >= 0.6 is 0 Å². The van der Waals surface area contributed by atoms with E-state index in [0.717, 1.165) is 12.8 Å². The van der Waals surface area contributed by atoms with Gasteiger partial charge in [0.05, 0.1) is 5.56 Å². The second-order valence-electron chi connectivity index (χ2n) is 3.76. The number of ketones is 1. The minimum absolute atomic E-state index is 0.0377. The van der Waals surface area contributed by atoms with Gasteiger partial charge in [0.25, 0.3) is 0 Å². The van der Waals surface area contributed by atoms with Gasteiger partial charge in [-0.15, -0.1) is 0 Å². The number of hydrogen-bond donors (Lipinski definition) is 1. The molecule has 0 amide bonds. The normalized spacial score (nSPS) is 10.4. The van der Waals surface area contributed by atoms with Crippen LogP contribution in [0.15, 0.2) is 24.3 Å². The summed E-state index contributed by atoms with van der Waals surface area (Å²) in [6.07, 6.45) is 1.63. The van der Waals surface area contributed by atoms with Gasteiger partial charge in [0.2, 0.25) is 0 Å². The highest BCUT2D eigenvalue weighted by atomic mass is 16.4. The van der Waals surface area contributed by atoms with Crippen molar-refractivity contribution in [3.05, 3.63) is 35.4 Å². The fraction of sp³-hybridized carbons (Fsp3) is 0.385. The summed E-state index contributed by atoms with van der Waals surface area (Å²) < 4.78 is 0. The summed E-state index contributed by atoms with van der Waals surface area (Å²) in [5.74, 6) is -0.834. The molecule has 0 atom stereocenters. The molecule has 0 saturated heterocycles. The molecule has 1 aromatic rings. The molecule has 0 unspecified atom stereocenters. The molecule has 0 bridgehead atoms. The second kappa shape index (κ2) is 5.45. The van der Waals surface area contributed by atoms with Crippen molar-refractivity contribution < 1.29 is 14.7 Å². The zero-order chi connectivity index (χ0) is 12.1. The van der Waals surface area contributed by atoms with E-state index in [9.17, 15) is 9.59 Å². The molecule has 0 fully saturated rings. The molecule has 86 valence electrons. The predicted octanol–water partition coefficient (Wildman–Crippen LogP) is 3.00. The molecule has 16 heavy (non-hydrogen) atoms. The van der Waals surface area contributed by atoms with Crippen LogP contribution in [0.1, 0.15) is 47.4 Å². The van der Waals surface area contributed by atoms with Gasteiger partial charge in [-0.1, -0.05) is 26.0 Å². The number of carbonyl (C=O) groups is 2. The third-order valence-corrected chi connectivity index (χ3v) is 2.77. The first-order valence-corrected chi connectivity index (χ1v) is 5.47. The molecule has 1 aromatic carbocycles. The minimum atomic E-state index is -0.971. The van der Waals surface area contributed by atoms with Gasteiger partial charge in [0.1, 0.15) is 0 Å². The van der Waals surface area contributed by atoms with Crippen LogP contribution in [0.4, 0.5) is 0 Å². The van der Waals surface area contributed by atoms with Crippen LogP contribution < -0.4 is 0 Å². The molecule has 0 radical (unpaired) electrons. The van der Waals surface area contributed by atoms with Gasteiger partial charge >= 0.3 is 5.97 Å². The number of carbonyl (C=O) groups excluding carboxylic acids is 1. The standard InChI is InChI=1S/C13H16O3/c1-3-9(4-2)12(14)10-5-7-11(8-6-10)13(15)16/h5-9H,3-4H2,1-2H3,(H,15,16). The topological polar surface area (TPSA) is 54.4 Å². The quantitative estimate of drug-likeness (QED) is 0.776. The van der Waals surface area contributed by atoms with Crippen LogP contribution in [0.3, 0.4) is 0 Å². The monoisotopic (exact) mass is 220 g/mol. The van der Waals surface area contributed by atoms with Crippen molar-refractivity contribution in [3.63, 3.8) is 0 Å². The molecule has 0 spiro atoms. The van der Waals surface area contributed by atoms with Crippen LogP contribution in [0, 0.1) is 5.92 Å². The molecule has 3 nitrogen and oxygen atoms in total. The Morgan fingerprint density at radius 1 is 1.06 bits per heavy atom. The van der Waals surface area contributed by atoms with E-state index < -0.39 is 5.97 Å². The Hall–Kier alpha value is -1.64. The van der Waals surface area contributed by atoms with Gasteiger partial charge < -0.3 is 5.11 Å². The molecule has 0 aliphatic heterocycles. The van der Waals surface area contributed by atoms with Gasteiger partial charge in [0.15, 0.2) is 5.78 Å². The minimum Gasteiger partial charge on any atom is -0.478 e. The Balaban J connectivity index is 2.89. The largest absolute Gasteiger partial charge is 0.478 e. The lowest BCUT2D eigenvalue weighted by atomic mass is 9.93. The number of benzene rings is 1. The number of carboxylic acids is 1. The highest BCUT2D eigenvalue weighted by Crippen LogP contribution is 2.16. The molecule has 1 N–H and O–H groups in total. The predicted molar refractivity (Wildman–Crippen MR) is 61.8 cm³/mol. The third kappa shape index (κ3) is 2.69. The summed E-state index contributed by atoms with van der Waals surface area (Å²) in [7, 11) is 0. The van der Waals surface area contributed by atoms with Gasteiger partial charge in [-0.05, 0) is 25.0 Å². The van der Waals surface area contributed by atoms with Crippen LogP contribution in [-0.2, 0) is 0 Å². The maximum Gasteiger partial charge on any atom is 0.335 e. The van der Waals surface area contributed by atoms with E-state index in [0.29, 0.717) is 5.56 Å². The summed E-state index contributed by atoms with van der Waals surface area (Å²) >= 11 is 0. The second-order valence-corrected chi connectivity index (χ2v) is 3.76. The van der Waals surface area contributed by atoms with Crippen LogP contribution in [-0.4, -0.2) is 16.9 Å². The van der Waals surface area contributed by atoms with Gasteiger partial charge in [-0.25, -0.2) is 4.79 Å². The molecule has 0 saturated carbocycles. The fourth-order valence-electron chi connectivity index (χ4n) is 1.67. The highest BCUT2D eigenvalue weighted by molar-refractivity contribution is 5.98. The number of hydrogen-bond acceptors (Lipinski definition) is 2. The average Bonchev–Trinajstić information content (AvgIpc) is 2.30. The smallest absolute Gasteiger partial charge is 0.335 e. The Kier molecular flexibility index (Phi) is 4.23. The Morgan fingerprint density at radius 3 is 1.88 bits per heavy atom. The van der Waals surface area contributed by atoms with Crippen molar-refractivity contribution in [3.8, 4) is 0 Å². The van der Waals surface area contributed by atoms with E-state index in [1.165, 1.54) is 12.1 Å². The lowest BCUT2D eigenvalue weighted by Gasteiger charge is -2.10. The lowest BCUT2D eigenvalue weighted by Crippen LogP contribution is -2.13. The zero-order valence-corrected chi connectivity index (χ0v) is 9.56. The maximum atomic E-state index is 11.9. The van der Waals surface area contributed by atoms with Gasteiger partial charge in [-0.3, -0.25) is 4.79 Å². The summed E-state index contributed by atoms with van der Waals surface area (Å²) in [6, 6.07) is 6.12. The molecular formula is C13H16O3. The Labute approximate surface area is 95.1 Å². The maximum absolute atomic E-state index is 11.9. The van der Waals surface area contributed by atoms with E-state index in [2.05, 4.69) is 0 Å². The van der Waals surface area contributed by atoms with Crippen molar-refractivity contribution >= 4 is 11.8 Å². The average molecular weight is 220 g/mol. The first-order valence-electron chi connectivity index (χ1n) is 5.47. The molecular weight excluding hydrogens is 204 g/mol. The van der Waals surface area contributed by atoms with E-state index in [-0.39, 0.29) is 17.3 Å². The SMILES string of the molecule is CCC(CC)C(=O)c1ccc(C(=O)O)cc1. The van der Waals surface area contributed by atoms with Crippen molar-refractivity contribution in [2.45, 2.75) is 26.7 Å². The van der Waals surface area contributed by atoms with Gasteiger partial charge in [0, 0.05) is 11.5 Å². The summed E-state index contributed by atoms with van der Waals surface area (Å²) in [6.45, 7) is 3.97. The van der Waals surface area contributed by atoms with Gasteiger partial charge in [-0.2, -0.15) is 0 Å². The number of aromatic carboxylic acids is 1. The molecule has 0 aliphatic rings. The Morgan fingerprint density at radius 2 is 1.50 bits per heavy atom. The lowest BCUT2D eigenvalue weighted by molar-refractivity contribution is 0.0696. The summed E-state index contributed by atoms with van der Waals surface area (Å²) in [5.41, 5.74) is 0.805. The van der Waals surface area contributed by atoms with Crippen molar-refractivity contribution in [2.75, 3.05) is 0 Å². The molecule has 0 heterocycles. The third-order valence-electron chi connectivity index (χ3n) is 2.77.